The number of carbonyl (C=O) groups is 1. The molecule has 0 amide bonds. The van der Waals surface area contributed by atoms with Crippen LogP contribution < -0.4 is 14.2 Å². The molecule has 0 atom stereocenters. The van der Waals surface area contributed by atoms with Crippen molar-refractivity contribution in [2.45, 2.75) is 19.9 Å². The lowest BCUT2D eigenvalue weighted by molar-refractivity contribution is 0.0956. The topological polar surface area (TPSA) is 48.0 Å². The summed E-state index contributed by atoms with van der Waals surface area (Å²) in [6, 6.07) is 13.7. The van der Waals surface area contributed by atoms with E-state index in [1.807, 2.05) is 37.3 Å². The van der Waals surface area contributed by atoms with Crippen molar-refractivity contribution >= 4 is 23.2 Å². The maximum absolute atomic E-state index is 13.1. The molecule has 5 nitrogen and oxygen atoms in total. The van der Waals surface area contributed by atoms with E-state index < -0.39 is 0 Å². The first-order chi connectivity index (χ1) is 15.1. The van der Waals surface area contributed by atoms with E-state index >= 15 is 0 Å². The zero-order valence-electron chi connectivity index (χ0n) is 17.5. The molecule has 0 spiro atoms. The van der Waals surface area contributed by atoms with E-state index in [9.17, 15) is 4.79 Å². The van der Waals surface area contributed by atoms with Crippen LogP contribution in [0.1, 0.15) is 31.9 Å². The molecule has 2 aliphatic heterocycles. The maximum atomic E-state index is 13.1. The largest absolute Gasteiger partial charge is 0.497 e. The fourth-order valence-electron chi connectivity index (χ4n) is 4.05. The van der Waals surface area contributed by atoms with Crippen LogP contribution >= 0.6 is 11.3 Å². The number of benzene rings is 2. The number of ether oxygens (including phenoxy) is 3. The second-order valence-electron chi connectivity index (χ2n) is 7.74. The Hall–Kier alpha value is -3.09. The molecule has 0 bridgehead atoms. The third-order valence-corrected chi connectivity index (χ3v) is 6.58. The summed E-state index contributed by atoms with van der Waals surface area (Å²) in [7, 11) is 1.62. The molecule has 0 saturated carbocycles. The molecule has 0 radical (unpaired) electrons. The van der Waals surface area contributed by atoms with Crippen LogP contribution in [0.5, 0.6) is 17.2 Å². The molecular formula is C25H23NO4S. The Morgan fingerprint density at radius 2 is 2.10 bits per heavy atom. The van der Waals surface area contributed by atoms with Gasteiger partial charge in [0.25, 0.3) is 0 Å². The molecule has 0 aliphatic carbocycles. The zero-order chi connectivity index (χ0) is 21.4. The average molecular weight is 434 g/mol. The summed E-state index contributed by atoms with van der Waals surface area (Å²) in [5.41, 5.74) is 3.38. The van der Waals surface area contributed by atoms with Gasteiger partial charge in [-0.05, 0) is 54.6 Å². The predicted octanol–water partition coefficient (Wildman–Crippen LogP) is 5.08. The summed E-state index contributed by atoms with van der Waals surface area (Å²) >= 11 is 1.78. The van der Waals surface area contributed by atoms with Gasteiger partial charge in [-0.1, -0.05) is 18.2 Å². The molecule has 1 aromatic heterocycles. The number of hydrogen-bond acceptors (Lipinski definition) is 6. The molecule has 158 valence electrons. The van der Waals surface area contributed by atoms with Gasteiger partial charge in [-0.25, -0.2) is 0 Å². The van der Waals surface area contributed by atoms with E-state index in [4.69, 9.17) is 14.2 Å². The minimum absolute atomic E-state index is 0.0978. The van der Waals surface area contributed by atoms with Crippen molar-refractivity contribution in [1.82, 2.24) is 4.90 Å². The second kappa shape index (κ2) is 8.21. The van der Waals surface area contributed by atoms with Crippen LogP contribution in [0, 0.1) is 6.92 Å². The van der Waals surface area contributed by atoms with Gasteiger partial charge < -0.3 is 14.2 Å². The lowest BCUT2D eigenvalue weighted by atomic mass is 10.00. The number of Topliss-reactive ketones (excluding diaryl/α,β-unsaturated/α-hetero) is 1. The van der Waals surface area contributed by atoms with Gasteiger partial charge in [0.1, 0.15) is 24.0 Å². The quantitative estimate of drug-likeness (QED) is 0.526. The predicted molar refractivity (Wildman–Crippen MR) is 121 cm³/mol. The fourth-order valence-corrected chi connectivity index (χ4v) is 4.74. The van der Waals surface area contributed by atoms with Crippen molar-refractivity contribution < 1.29 is 19.0 Å². The van der Waals surface area contributed by atoms with Crippen molar-refractivity contribution in [1.29, 1.82) is 0 Å². The summed E-state index contributed by atoms with van der Waals surface area (Å²) in [6.07, 6.45) is 2.76. The highest BCUT2D eigenvalue weighted by Gasteiger charge is 2.33. The molecule has 3 aromatic rings. The average Bonchev–Trinajstić information content (AvgIpc) is 3.42. The fraction of sp³-hybridized carbons (Fsp3) is 0.240. The zero-order valence-corrected chi connectivity index (χ0v) is 18.3. The molecule has 0 unspecified atom stereocenters. The number of methoxy groups -OCH3 is 1. The smallest absolute Gasteiger partial charge is 0.231 e. The standard InChI is InChI=1S/C25H23NO4S/c1-16-24-18(14-26(15-29-24)9-8-20-7-4-10-31-20)13-21-23(27)22(30-25(16)21)12-17-5-3-6-19(11-17)28-2/h3-7,10-13H,8-9,14-15H2,1-2H3/b22-12-. The van der Waals surface area contributed by atoms with Crippen LogP contribution in [0.3, 0.4) is 0 Å². The molecule has 0 N–H and O–H groups in total. The number of nitrogens with zero attached hydrogens (tertiary/aromatic N) is 1. The van der Waals surface area contributed by atoms with E-state index in [1.54, 1.807) is 24.5 Å². The van der Waals surface area contributed by atoms with Gasteiger partial charge in [0.2, 0.25) is 5.78 Å². The van der Waals surface area contributed by atoms with Crippen LogP contribution in [0.25, 0.3) is 6.08 Å². The first-order valence-electron chi connectivity index (χ1n) is 10.2. The number of thiophene rings is 1. The minimum Gasteiger partial charge on any atom is -0.497 e. The van der Waals surface area contributed by atoms with Gasteiger partial charge in [0, 0.05) is 29.1 Å². The van der Waals surface area contributed by atoms with Crippen LogP contribution in [0.15, 0.2) is 53.6 Å². The van der Waals surface area contributed by atoms with Gasteiger partial charge in [0.15, 0.2) is 5.76 Å². The molecule has 6 heteroatoms. The Labute approximate surface area is 185 Å². The lowest BCUT2D eigenvalue weighted by Crippen LogP contribution is -2.34. The highest BCUT2D eigenvalue weighted by Crippen LogP contribution is 2.43. The normalized spacial score (nSPS) is 16.6. The highest BCUT2D eigenvalue weighted by atomic mass is 32.1. The van der Waals surface area contributed by atoms with Gasteiger partial charge in [0.05, 0.1) is 12.7 Å². The number of hydrogen-bond donors (Lipinski definition) is 0. The number of fused-ring (bicyclic) bond motifs is 2. The van der Waals surface area contributed by atoms with Crippen molar-refractivity contribution in [3.8, 4) is 17.2 Å². The van der Waals surface area contributed by atoms with Crippen molar-refractivity contribution in [3.05, 3.63) is 80.7 Å². The Balaban J connectivity index is 1.39. The third kappa shape index (κ3) is 3.84. The summed E-state index contributed by atoms with van der Waals surface area (Å²) in [5.74, 6) is 2.40. The molecule has 5 rings (SSSR count). The van der Waals surface area contributed by atoms with Crippen molar-refractivity contribution in [2.75, 3.05) is 20.4 Å². The molecule has 2 aromatic carbocycles. The molecule has 0 fully saturated rings. The van der Waals surface area contributed by atoms with E-state index in [1.165, 1.54) is 4.88 Å². The molecule has 31 heavy (non-hydrogen) atoms. The number of carbonyl (C=O) groups excluding carboxylic acids is 1. The summed E-state index contributed by atoms with van der Waals surface area (Å²) in [5, 5.41) is 2.10. The summed E-state index contributed by atoms with van der Waals surface area (Å²) in [6.45, 7) is 4.18. The van der Waals surface area contributed by atoms with E-state index in [2.05, 4.69) is 22.4 Å². The first-order valence-corrected chi connectivity index (χ1v) is 11.1. The number of ketones is 1. The van der Waals surface area contributed by atoms with Crippen LogP contribution in [0.4, 0.5) is 0 Å². The minimum atomic E-state index is -0.0978. The molecular weight excluding hydrogens is 410 g/mol. The van der Waals surface area contributed by atoms with Gasteiger partial charge in [-0.2, -0.15) is 0 Å². The lowest BCUT2D eigenvalue weighted by Gasteiger charge is -2.30. The third-order valence-electron chi connectivity index (χ3n) is 5.65. The SMILES string of the molecule is COc1cccc(/C=C2\Oc3c(cc4c(c3C)OCN(CCc3cccs3)C4)C2=O)c1. The molecule has 0 saturated heterocycles. The van der Waals surface area contributed by atoms with Crippen molar-refractivity contribution in [2.24, 2.45) is 0 Å². The number of rotatable bonds is 5. The van der Waals surface area contributed by atoms with Gasteiger partial charge >= 0.3 is 0 Å². The Morgan fingerprint density at radius 1 is 1.19 bits per heavy atom. The number of allylic oxidation sites excluding steroid dienone is 1. The summed E-state index contributed by atoms with van der Waals surface area (Å²) < 4.78 is 17.4. The van der Waals surface area contributed by atoms with E-state index in [0.717, 1.165) is 47.7 Å². The van der Waals surface area contributed by atoms with Gasteiger partial charge in [-0.3, -0.25) is 9.69 Å². The first kappa shape index (κ1) is 19.8. The van der Waals surface area contributed by atoms with Gasteiger partial charge in [-0.15, -0.1) is 11.3 Å². The Morgan fingerprint density at radius 3 is 2.90 bits per heavy atom. The molecule has 2 aliphatic rings. The van der Waals surface area contributed by atoms with Crippen LogP contribution in [-0.4, -0.2) is 31.1 Å². The van der Waals surface area contributed by atoms with Crippen molar-refractivity contribution in [3.63, 3.8) is 0 Å². The van der Waals surface area contributed by atoms with Crippen LogP contribution in [-0.2, 0) is 13.0 Å². The monoisotopic (exact) mass is 433 g/mol. The van der Waals surface area contributed by atoms with E-state index in [0.29, 0.717) is 23.8 Å². The Bertz CT molecular complexity index is 1170. The Kier molecular flexibility index (Phi) is 5.26. The second-order valence-corrected chi connectivity index (χ2v) is 8.77. The van der Waals surface area contributed by atoms with Crippen LogP contribution in [0.2, 0.25) is 0 Å². The highest BCUT2D eigenvalue weighted by molar-refractivity contribution is 7.09. The summed E-state index contributed by atoms with van der Waals surface area (Å²) in [4.78, 5) is 16.7. The maximum Gasteiger partial charge on any atom is 0.231 e. The van der Waals surface area contributed by atoms with E-state index in [-0.39, 0.29) is 5.78 Å². The molecule has 3 heterocycles.